The predicted molar refractivity (Wildman–Crippen MR) is 48.1 cm³/mol. The summed E-state index contributed by atoms with van der Waals surface area (Å²) in [4.78, 5) is 2.57. The highest BCUT2D eigenvalue weighted by molar-refractivity contribution is 4.89. The van der Waals surface area contributed by atoms with Crippen molar-refractivity contribution < 1.29 is 5.11 Å². The van der Waals surface area contributed by atoms with Crippen molar-refractivity contribution in [2.45, 2.75) is 31.3 Å². The molecule has 2 heterocycles. The van der Waals surface area contributed by atoms with Crippen molar-refractivity contribution >= 4 is 0 Å². The first kappa shape index (κ1) is 8.48. The summed E-state index contributed by atoms with van der Waals surface area (Å²) in [5, 5.41) is 12.3. The maximum absolute atomic E-state index is 8.80. The second-order valence-electron chi connectivity index (χ2n) is 3.91. The third kappa shape index (κ3) is 1.63. The number of aliphatic hydroxyl groups excluding tert-OH is 1. The van der Waals surface area contributed by atoms with Gasteiger partial charge in [-0.1, -0.05) is 0 Å². The average molecular weight is 170 g/mol. The Morgan fingerprint density at radius 1 is 1.50 bits per heavy atom. The highest BCUT2D eigenvalue weighted by Crippen LogP contribution is 2.20. The van der Waals surface area contributed by atoms with E-state index in [4.69, 9.17) is 5.11 Å². The molecule has 70 valence electrons. The minimum absolute atomic E-state index is 0.316. The molecule has 0 saturated carbocycles. The molecule has 3 nitrogen and oxygen atoms in total. The minimum atomic E-state index is 0.316. The first-order valence-corrected chi connectivity index (χ1v) is 4.98. The zero-order valence-corrected chi connectivity index (χ0v) is 7.50. The largest absolute Gasteiger partial charge is 0.396 e. The molecule has 2 rings (SSSR count). The number of aliphatic hydroxyl groups is 1. The van der Waals surface area contributed by atoms with Gasteiger partial charge in [0.1, 0.15) is 0 Å². The summed E-state index contributed by atoms with van der Waals surface area (Å²) in [7, 11) is 0. The van der Waals surface area contributed by atoms with Gasteiger partial charge >= 0.3 is 0 Å². The van der Waals surface area contributed by atoms with Gasteiger partial charge in [0.05, 0.1) is 0 Å². The molecule has 0 aromatic carbocycles. The van der Waals surface area contributed by atoms with E-state index >= 15 is 0 Å². The summed E-state index contributed by atoms with van der Waals surface area (Å²) in [5.41, 5.74) is 0. The number of hydrogen-bond donors (Lipinski definition) is 2. The third-order valence-electron chi connectivity index (χ3n) is 3.07. The van der Waals surface area contributed by atoms with E-state index in [9.17, 15) is 0 Å². The molecule has 0 aliphatic carbocycles. The molecule has 0 aromatic rings. The number of nitrogens with one attached hydrogen (secondary N) is 1. The van der Waals surface area contributed by atoms with E-state index in [0.29, 0.717) is 12.6 Å². The van der Waals surface area contributed by atoms with Crippen LogP contribution in [0.4, 0.5) is 0 Å². The topological polar surface area (TPSA) is 35.5 Å². The molecular formula is C9H18N2O. The van der Waals surface area contributed by atoms with Crippen LogP contribution >= 0.6 is 0 Å². The first-order valence-electron chi connectivity index (χ1n) is 4.98. The molecule has 2 fully saturated rings. The molecule has 2 aliphatic rings. The number of hydrogen-bond acceptors (Lipinski definition) is 3. The molecule has 0 amide bonds. The van der Waals surface area contributed by atoms with Crippen LogP contribution < -0.4 is 5.32 Å². The van der Waals surface area contributed by atoms with Crippen LogP contribution in [-0.4, -0.2) is 48.3 Å². The van der Waals surface area contributed by atoms with Crippen LogP contribution in [0.1, 0.15) is 19.3 Å². The molecule has 0 unspecified atom stereocenters. The normalized spacial score (nSPS) is 36.8. The fraction of sp³-hybridized carbons (Fsp3) is 1.00. The van der Waals surface area contributed by atoms with Gasteiger partial charge in [0, 0.05) is 31.8 Å². The molecule has 0 radical (unpaired) electrons. The summed E-state index contributed by atoms with van der Waals surface area (Å²) in [5.74, 6) is 0. The molecule has 2 N–H and O–H groups in total. The third-order valence-corrected chi connectivity index (χ3v) is 3.07. The van der Waals surface area contributed by atoms with Gasteiger partial charge in [0.25, 0.3) is 0 Å². The summed E-state index contributed by atoms with van der Waals surface area (Å²) in [6, 6.07) is 1.32. The van der Waals surface area contributed by atoms with Gasteiger partial charge in [0.15, 0.2) is 0 Å². The van der Waals surface area contributed by atoms with Crippen molar-refractivity contribution in [1.82, 2.24) is 10.2 Å². The molecule has 2 atom stereocenters. The van der Waals surface area contributed by atoms with E-state index in [1.807, 2.05) is 0 Å². The monoisotopic (exact) mass is 170 g/mol. The van der Waals surface area contributed by atoms with Crippen molar-refractivity contribution in [3.8, 4) is 0 Å². The van der Waals surface area contributed by atoms with E-state index < -0.39 is 0 Å². The van der Waals surface area contributed by atoms with Gasteiger partial charge in [-0.2, -0.15) is 0 Å². The van der Waals surface area contributed by atoms with Crippen molar-refractivity contribution in [2.24, 2.45) is 0 Å². The van der Waals surface area contributed by atoms with Crippen molar-refractivity contribution in [3.05, 3.63) is 0 Å². The lowest BCUT2D eigenvalue weighted by Gasteiger charge is -2.35. The lowest BCUT2D eigenvalue weighted by molar-refractivity contribution is 0.152. The minimum Gasteiger partial charge on any atom is -0.396 e. The van der Waals surface area contributed by atoms with Gasteiger partial charge in [-0.3, -0.25) is 4.90 Å². The Morgan fingerprint density at radius 2 is 2.42 bits per heavy atom. The van der Waals surface area contributed by atoms with E-state index in [2.05, 4.69) is 10.2 Å². The van der Waals surface area contributed by atoms with Crippen molar-refractivity contribution in [1.29, 1.82) is 0 Å². The van der Waals surface area contributed by atoms with E-state index in [1.165, 1.54) is 19.4 Å². The van der Waals surface area contributed by atoms with Crippen LogP contribution in [0.5, 0.6) is 0 Å². The van der Waals surface area contributed by atoms with E-state index in [1.54, 1.807) is 0 Å². The zero-order chi connectivity index (χ0) is 8.39. The maximum Gasteiger partial charge on any atom is 0.0446 e. The lowest BCUT2D eigenvalue weighted by Crippen LogP contribution is -2.53. The van der Waals surface area contributed by atoms with E-state index in [-0.39, 0.29) is 0 Å². The number of rotatable bonds is 2. The molecule has 0 bridgehead atoms. The Bertz CT molecular complexity index is 151. The zero-order valence-electron chi connectivity index (χ0n) is 7.50. The molecule has 12 heavy (non-hydrogen) atoms. The first-order chi connectivity index (χ1) is 5.90. The van der Waals surface area contributed by atoms with Crippen molar-refractivity contribution in [3.63, 3.8) is 0 Å². The second kappa shape index (κ2) is 3.73. The van der Waals surface area contributed by atoms with Gasteiger partial charge in [-0.25, -0.2) is 0 Å². The highest BCUT2D eigenvalue weighted by atomic mass is 16.3. The summed E-state index contributed by atoms with van der Waals surface area (Å²) < 4.78 is 0. The Kier molecular flexibility index (Phi) is 2.63. The number of fused-ring (bicyclic) bond motifs is 1. The number of nitrogens with zero attached hydrogens (tertiary/aromatic N) is 1. The Labute approximate surface area is 73.8 Å². The quantitative estimate of drug-likeness (QED) is 0.603. The Morgan fingerprint density at radius 3 is 3.25 bits per heavy atom. The van der Waals surface area contributed by atoms with Crippen LogP contribution in [0.15, 0.2) is 0 Å². The average Bonchev–Trinajstić information content (AvgIpc) is 2.51. The molecule has 0 aromatic heterocycles. The highest BCUT2D eigenvalue weighted by Gasteiger charge is 2.30. The fourth-order valence-electron chi connectivity index (χ4n) is 2.37. The van der Waals surface area contributed by atoms with Gasteiger partial charge in [-0.05, 0) is 25.8 Å². The second-order valence-corrected chi connectivity index (χ2v) is 3.91. The van der Waals surface area contributed by atoms with Crippen LogP contribution in [-0.2, 0) is 0 Å². The lowest BCUT2D eigenvalue weighted by atomic mass is 10.1. The van der Waals surface area contributed by atoms with Gasteiger partial charge < -0.3 is 10.4 Å². The molecule has 2 saturated heterocycles. The fourth-order valence-corrected chi connectivity index (χ4v) is 2.37. The molecule has 3 heteroatoms. The Balaban J connectivity index is 1.84. The SMILES string of the molecule is OCC[C@H]1CN2CCC[C@@H]2CN1. The van der Waals surface area contributed by atoms with E-state index in [0.717, 1.165) is 25.6 Å². The number of piperazine rings is 1. The molecule has 0 spiro atoms. The van der Waals surface area contributed by atoms with Crippen LogP contribution in [0.2, 0.25) is 0 Å². The maximum atomic E-state index is 8.80. The molecular weight excluding hydrogens is 152 g/mol. The summed E-state index contributed by atoms with van der Waals surface area (Å²) >= 11 is 0. The van der Waals surface area contributed by atoms with Gasteiger partial charge in [-0.15, -0.1) is 0 Å². The molecule has 2 aliphatic heterocycles. The van der Waals surface area contributed by atoms with Gasteiger partial charge in [0.2, 0.25) is 0 Å². The van der Waals surface area contributed by atoms with Crippen LogP contribution in [0, 0.1) is 0 Å². The van der Waals surface area contributed by atoms with Crippen LogP contribution in [0.25, 0.3) is 0 Å². The Hall–Kier alpha value is -0.120. The predicted octanol–water partition coefficient (Wildman–Crippen LogP) is -0.195. The summed E-state index contributed by atoms with van der Waals surface area (Å²) in [6.45, 7) is 3.86. The summed E-state index contributed by atoms with van der Waals surface area (Å²) in [6.07, 6.45) is 3.63. The smallest absolute Gasteiger partial charge is 0.0446 e. The van der Waals surface area contributed by atoms with Crippen molar-refractivity contribution in [2.75, 3.05) is 26.2 Å². The van der Waals surface area contributed by atoms with Crippen LogP contribution in [0.3, 0.4) is 0 Å². The standard InChI is InChI=1S/C9H18N2O/c12-5-3-8-7-11-4-1-2-9(11)6-10-8/h8-10,12H,1-7H2/t8-,9+/m0/s1.